The summed E-state index contributed by atoms with van der Waals surface area (Å²) in [5.74, 6) is -0.0767. The van der Waals surface area contributed by atoms with Gasteiger partial charge in [-0.1, -0.05) is 23.7 Å². The number of para-hydroxylation sites is 1. The maximum Gasteiger partial charge on any atom is 0.360 e. The van der Waals surface area contributed by atoms with Gasteiger partial charge < -0.3 is 15.2 Å². The van der Waals surface area contributed by atoms with E-state index in [2.05, 4.69) is 9.97 Å². The van der Waals surface area contributed by atoms with Crippen LogP contribution in [0, 0.1) is 0 Å². The van der Waals surface area contributed by atoms with Crippen LogP contribution >= 0.6 is 11.6 Å². The second-order valence-corrected chi connectivity index (χ2v) is 4.11. The molecule has 20 heavy (non-hydrogen) atoms. The molecule has 0 fully saturated rings. The standard InChI is InChI=1S/C13H12ClN3O3/c14-9-3-1-2-4-10(9)19-7-8-20-13(18)11-12(15)17-6-5-16-11/h1-6H,7-8H2,(H2,15,17). The van der Waals surface area contributed by atoms with Crippen molar-refractivity contribution in [3.05, 3.63) is 47.4 Å². The molecule has 1 heterocycles. The number of rotatable bonds is 5. The highest BCUT2D eigenvalue weighted by molar-refractivity contribution is 6.32. The molecule has 0 aliphatic heterocycles. The Morgan fingerprint density at radius 1 is 1.20 bits per heavy atom. The molecule has 0 saturated carbocycles. The lowest BCUT2D eigenvalue weighted by atomic mass is 10.3. The number of halogens is 1. The Bertz CT molecular complexity index is 607. The summed E-state index contributed by atoms with van der Waals surface area (Å²) in [4.78, 5) is 19.2. The van der Waals surface area contributed by atoms with E-state index in [1.54, 1.807) is 24.3 Å². The molecule has 2 N–H and O–H groups in total. The Labute approximate surface area is 120 Å². The molecule has 0 amide bonds. The van der Waals surface area contributed by atoms with Gasteiger partial charge in [-0.05, 0) is 12.1 Å². The average Bonchev–Trinajstić information content (AvgIpc) is 2.45. The molecular weight excluding hydrogens is 282 g/mol. The van der Waals surface area contributed by atoms with Crippen molar-refractivity contribution < 1.29 is 14.3 Å². The fraction of sp³-hybridized carbons (Fsp3) is 0.154. The van der Waals surface area contributed by atoms with Crippen LogP contribution in [0.25, 0.3) is 0 Å². The van der Waals surface area contributed by atoms with E-state index in [1.807, 2.05) is 0 Å². The minimum absolute atomic E-state index is 0.00903. The third-order valence-electron chi connectivity index (χ3n) is 2.33. The summed E-state index contributed by atoms with van der Waals surface area (Å²) < 4.78 is 10.4. The highest BCUT2D eigenvalue weighted by Crippen LogP contribution is 2.22. The zero-order valence-corrected chi connectivity index (χ0v) is 11.2. The topological polar surface area (TPSA) is 87.3 Å². The molecule has 0 radical (unpaired) electrons. The van der Waals surface area contributed by atoms with Crippen LogP contribution in [0.3, 0.4) is 0 Å². The normalized spacial score (nSPS) is 10.1. The number of nitrogens with zero attached hydrogens (tertiary/aromatic N) is 2. The lowest BCUT2D eigenvalue weighted by Gasteiger charge is -2.08. The van der Waals surface area contributed by atoms with Crippen LogP contribution < -0.4 is 10.5 Å². The van der Waals surface area contributed by atoms with E-state index in [-0.39, 0.29) is 24.7 Å². The monoisotopic (exact) mass is 293 g/mol. The molecule has 0 aliphatic rings. The number of esters is 1. The summed E-state index contributed by atoms with van der Waals surface area (Å²) in [5.41, 5.74) is 5.50. The number of aromatic nitrogens is 2. The zero-order valence-electron chi connectivity index (χ0n) is 10.5. The fourth-order valence-corrected chi connectivity index (χ4v) is 1.61. The van der Waals surface area contributed by atoms with Crippen LogP contribution in [-0.4, -0.2) is 29.2 Å². The van der Waals surface area contributed by atoms with Gasteiger partial charge in [-0.2, -0.15) is 0 Å². The SMILES string of the molecule is Nc1nccnc1C(=O)OCCOc1ccccc1Cl. The average molecular weight is 294 g/mol. The van der Waals surface area contributed by atoms with E-state index in [0.29, 0.717) is 10.8 Å². The molecule has 1 aromatic heterocycles. The molecule has 0 saturated heterocycles. The second-order valence-electron chi connectivity index (χ2n) is 3.70. The third kappa shape index (κ3) is 3.58. The third-order valence-corrected chi connectivity index (χ3v) is 2.64. The molecule has 0 atom stereocenters. The molecule has 0 aliphatic carbocycles. The van der Waals surface area contributed by atoms with Crippen molar-refractivity contribution in [3.63, 3.8) is 0 Å². The van der Waals surface area contributed by atoms with Crippen LogP contribution in [0.15, 0.2) is 36.7 Å². The predicted octanol–water partition coefficient (Wildman–Crippen LogP) is 1.95. The highest BCUT2D eigenvalue weighted by Gasteiger charge is 2.13. The van der Waals surface area contributed by atoms with Crippen molar-refractivity contribution in [2.45, 2.75) is 0 Å². The summed E-state index contributed by atoms with van der Waals surface area (Å²) in [5, 5.41) is 0.497. The molecule has 2 aromatic rings. The first kappa shape index (κ1) is 14.1. The summed E-state index contributed by atoms with van der Waals surface area (Å²) in [7, 11) is 0. The van der Waals surface area contributed by atoms with Crippen LogP contribution in [0.5, 0.6) is 5.75 Å². The highest BCUT2D eigenvalue weighted by atomic mass is 35.5. The Morgan fingerprint density at radius 2 is 1.95 bits per heavy atom. The molecule has 104 valence electrons. The van der Waals surface area contributed by atoms with E-state index in [1.165, 1.54) is 12.4 Å². The predicted molar refractivity (Wildman–Crippen MR) is 73.7 cm³/mol. The van der Waals surface area contributed by atoms with E-state index in [9.17, 15) is 4.79 Å². The lowest BCUT2D eigenvalue weighted by Crippen LogP contribution is -2.15. The zero-order chi connectivity index (χ0) is 14.4. The first-order valence-electron chi connectivity index (χ1n) is 5.79. The first-order chi connectivity index (χ1) is 9.68. The summed E-state index contributed by atoms with van der Waals surface area (Å²) in [6.07, 6.45) is 2.76. The van der Waals surface area contributed by atoms with Gasteiger partial charge in [0, 0.05) is 12.4 Å². The van der Waals surface area contributed by atoms with Crippen molar-refractivity contribution in [2.24, 2.45) is 0 Å². The Morgan fingerprint density at radius 3 is 2.70 bits per heavy atom. The number of carbonyl (C=O) groups excluding carboxylic acids is 1. The second kappa shape index (κ2) is 6.72. The number of carbonyl (C=O) groups is 1. The molecule has 0 unspecified atom stereocenters. The van der Waals surface area contributed by atoms with Crippen molar-refractivity contribution in [1.29, 1.82) is 0 Å². The molecule has 7 heteroatoms. The van der Waals surface area contributed by atoms with Crippen LogP contribution in [-0.2, 0) is 4.74 Å². The van der Waals surface area contributed by atoms with Gasteiger partial charge in [0.05, 0.1) is 5.02 Å². The number of benzene rings is 1. The smallest absolute Gasteiger partial charge is 0.360 e. The maximum absolute atomic E-state index is 11.7. The van der Waals surface area contributed by atoms with Gasteiger partial charge in [-0.3, -0.25) is 0 Å². The van der Waals surface area contributed by atoms with Gasteiger partial charge in [0.25, 0.3) is 0 Å². The summed E-state index contributed by atoms with van der Waals surface area (Å²) in [6.45, 7) is 0.232. The van der Waals surface area contributed by atoms with Crippen molar-refractivity contribution in [2.75, 3.05) is 18.9 Å². The maximum atomic E-state index is 11.7. The summed E-state index contributed by atoms with van der Waals surface area (Å²) in [6, 6.07) is 7.04. The number of nitrogens with two attached hydrogens (primary N) is 1. The molecule has 0 spiro atoms. The van der Waals surface area contributed by atoms with Crippen molar-refractivity contribution >= 4 is 23.4 Å². The Hall–Kier alpha value is -2.34. The number of hydrogen-bond acceptors (Lipinski definition) is 6. The lowest BCUT2D eigenvalue weighted by molar-refractivity contribution is 0.0444. The van der Waals surface area contributed by atoms with Gasteiger partial charge in [-0.25, -0.2) is 14.8 Å². The van der Waals surface area contributed by atoms with E-state index in [0.717, 1.165) is 0 Å². The summed E-state index contributed by atoms with van der Waals surface area (Å²) >= 11 is 5.91. The van der Waals surface area contributed by atoms with Crippen LogP contribution in [0.2, 0.25) is 5.02 Å². The largest absolute Gasteiger partial charge is 0.488 e. The number of ether oxygens (including phenoxy) is 2. The van der Waals surface area contributed by atoms with E-state index >= 15 is 0 Å². The van der Waals surface area contributed by atoms with Crippen LogP contribution in [0.1, 0.15) is 10.5 Å². The van der Waals surface area contributed by atoms with Gasteiger partial charge >= 0.3 is 5.97 Å². The fourth-order valence-electron chi connectivity index (χ4n) is 1.42. The van der Waals surface area contributed by atoms with Gasteiger partial charge in [0.2, 0.25) is 0 Å². The number of nitrogen functional groups attached to an aromatic ring is 1. The van der Waals surface area contributed by atoms with Gasteiger partial charge in [0.15, 0.2) is 11.5 Å². The molecule has 0 bridgehead atoms. The van der Waals surface area contributed by atoms with E-state index in [4.69, 9.17) is 26.8 Å². The molecule has 6 nitrogen and oxygen atoms in total. The molecule has 1 aromatic carbocycles. The Balaban J connectivity index is 1.81. The number of hydrogen-bond donors (Lipinski definition) is 1. The molecule has 2 rings (SSSR count). The quantitative estimate of drug-likeness (QED) is 0.669. The van der Waals surface area contributed by atoms with Gasteiger partial charge in [-0.15, -0.1) is 0 Å². The van der Waals surface area contributed by atoms with Gasteiger partial charge in [0.1, 0.15) is 19.0 Å². The van der Waals surface area contributed by atoms with Crippen molar-refractivity contribution in [1.82, 2.24) is 9.97 Å². The minimum atomic E-state index is -0.640. The van der Waals surface area contributed by atoms with Crippen molar-refractivity contribution in [3.8, 4) is 5.75 Å². The minimum Gasteiger partial charge on any atom is -0.488 e. The molecular formula is C13H12ClN3O3. The number of anilines is 1. The van der Waals surface area contributed by atoms with Crippen LogP contribution in [0.4, 0.5) is 5.82 Å². The Kier molecular flexibility index (Phi) is 4.73. The first-order valence-corrected chi connectivity index (χ1v) is 6.17. The van der Waals surface area contributed by atoms with E-state index < -0.39 is 5.97 Å².